The van der Waals surface area contributed by atoms with Crippen LogP contribution in [0.1, 0.15) is 34.1 Å². The molecule has 1 atom stereocenters. The first-order valence-electron chi connectivity index (χ1n) is 12.8. The molecule has 0 bridgehead atoms. The van der Waals surface area contributed by atoms with Gasteiger partial charge in [0, 0.05) is 47.5 Å². The van der Waals surface area contributed by atoms with Crippen LogP contribution in [-0.4, -0.2) is 53.5 Å². The van der Waals surface area contributed by atoms with Gasteiger partial charge in [0.05, 0.1) is 22.9 Å². The van der Waals surface area contributed by atoms with Gasteiger partial charge in [-0.15, -0.1) is 5.10 Å². The maximum Gasteiger partial charge on any atom is 0.244 e. The summed E-state index contributed by atoms with van der Waals surface area (Å²) in [4.78, 5) is 38.4. The Labute approximate surface area is 240 Å². The highest BCUT2D eigenvalue weighted by Crippen LogP contribution is 2.21. The van der Waals surface area contributed by atoms with Crippen LogP contribution in [0.2, 0.25) is 5.02 Å². The van der Waals surface area contributed by atoms with E-state index in [4.69, 9.17) is 11.6 Å². The largest absolute Gasteiger partial charge is 0.342 e. The Kier molecular flexibility index (Phi) is 8.11. The lowest BCUT2D eigenvalue weighted by atomic mass is 9.97. The van der Waals surface area contributed by atoms with Crippen molar-refractivity contribution in [2.24, 2.45) is 7.05 Å². The Hall–Kier alpha value is -4.96. The fraction of sp³-hybridized carbons (Fsp3) is 0.167. The molecule has 0 aliphatic rings. The Morgan fingerprint density at radius 3 is 2.56 bits per heavy atom. The number of nitrogens with zero attached hydrogens (tertiary/aromatic N) is 6. The Morgan fingerprint density at radius 1 is 1.05 bits per heavy atom. The van der Waals surface area contributed by atoms with Crippen molar-refractivity contribution in [3.8, 4) is 5.69 Å². The first-order chi connectivity index (χ1) is 19.8. The van der Waals surface area contributed by atoms with Crippen LogP contribution in [0.4, 0.5) is 0 Å². The summed E-state index contributed by atoms with van der Waals surface area (Å²) in [5.41, 5.74) is 4.18. The lowest BCUT2D eigenvalue weighted by Gasteiger charge is -2.16. The second-order valence-electron chi connectivity index (χ2n) is 9.54. The summed E-state index contributed by atoms with van der Waals surface area (Å²) in [6.45, 7) is 1.49. The molecule has 0 spiro atoms. The molecule has 1 N–H and O–H groups in total. The number of carbonyl (C=O) groups excluding carboxylic acids is 3. The number of nitrogens with one attached hydrogen (secondary N) is 1. The van der Waals surface area contributed by atoms with Crippen LogP contribution < -0.4 is 5.32 Å². The molecule has 5 aromatic rings. The molecule has 2 heterocycles. The van der Waals surface area contributed by atoms with E-state index < -0.39 is 11.9 Å². The first-order valence-corrected chi connectivity index (χ1v) is 13.2. The zero-order valence-corrected chi connectivity index (χ0v) is 23.1. The number of halogens is 1. The van der Waals surface area contributed by atoms with Gasteiger partial charge in [-0.1, -0.05) is 54.1 Å². The van der Waals surface area contributed by atoms with E-state index in [2.05, 4.69) is 25.9 Å². The molecule has 0 saturated heterocycles. The zero-order valence-electron chi connectivity index (χ0n) is 22.4. The molecule has 0 saturated carbocycles. The molecule has 3 aromatic carbocycles. The highest BCUT2D eigenvalue weighted by atomic mass is 35.5. The van der Waals surface area contributed by atoms with Crippen molar-refractivity contribution in [3.63, 3.8) is 0 Å². The minimum Gasteiger partial charge on any atom is -0.342 e. The SMILES string of the molecule is CC(=O)c1ccc(CC(=O)[C@H](Cc2nn(C)c3ccccc23)NC(=O)/C=C/c2cc(Cl)ccc2-n2cnnn2)cc1. The topological polar surface area (TPSA) is 125 Å². The monoisotopic (exact) mass is 567 g/mol. The third kappa shape index (κ3) is 6.44. The molecule has 0 unspecified atom stereocenters. The third-order valence-corrected chi connectivity index (χ3v) is 6.91. The summed E-state index contributed by atoms with van der Waals surface area (Å²) in [5, 5.41) is 20.1. The van der Waals surface area contributed by atoms with E-state index in [1.54, 1.807) is 53.2 Å². The van der Waals surface area contributed by atoms with Gasteiger partial charge in [0.25, 0.3) is 0 Å². The van der Waals surface area contributed by atoms with Gasteiger partial charge >= 0.3 is 0 Å². The van der Waals surface area contributed by atoms with E-state index in [0.29, 0.717) is 27.5 Å². The molecule has 2 aromatic heterocycles. The van der Waals surface area contributed by atoms with E-state index in [1.807, 2.05) is 31.3 Å². The normalized spacial score (nSPS) is 12.1. The van der Waals surface area contributed by atoms with Gasteiger partial charge in [0.1, 0.15) is 6.33 Å². The molecule has 11 heteroatoms. The molecule has 1 amide bonds. The van der Waals surface area contributed by atoms with E-state index >= 15 is 0 Å². The predicted molar refractivity (Wildman–Crippen MR) is 155 cm³/mol. The molecule has 0 radical (unpaired) electrons. The third-order valence-electron chi connectivity index (χ3n) is 6.68. The van der Waals surface area contributed by atoms with Gasteiger partial charge in [-0.05, 0) is 53.3 Å². The van der Waals surface area contributed by atoms with Crippen LogP contribution in [0.3, 0.4) is 0 Å². The number of benzene rings is 3. The van der Waals surface area contributed by atoms with Crippen molar-refractivity contribution in [1.29, 1.82) is 0 Å². The Balaban J connectivity index is 1.40. The van der Waals surface area contributed by atoms with Crippen LogP contribution in [0.25, 0.3) is 22.7 Å². The first kappa shape index (κ1) is 27.6. The highest BCUT2D eigenvalue weighted by molar-refractivity contribution is 6.30. The number of hydrogen-bond acceptors (Lipinski definition) is 7. The number of aromatic nitrogens is 6. The molecular weight excluding hydrogens is 542 g/mol. The molecule has 0 aliphatic heterocycles. The number of carbonyl (C=O) groups is 3. The van der Waals surface area contributed by atoms with Gasteiger partial charge in [-0.25, -0.2) is 0 Å². The average molecular weight is 568 g/mol. The summed E-state index contributed by atoms with van der Waals surface area (Å²) < 4.78 is 3.22. The van der Waals surface area contributed by atoms with Gasteiger partial charge in [0.2, 0.25) is 5.91 Å². The fourth-order valence-electron chi connectivity index (χ4n) is 4.58. The quantitative estimate of drug-likeness (QED) is 0.200. The van der Waals surface area contributed by atoms with Crippen molar-refractivity contribution in [1.82, 2.24) is 35.3 Å². The summed E-state index contributed by atoms with van der Waals surface area (Å²) in [6.07, 6.45) is 4.66. The summed E-state index contributed by atoms with van der Waals surface area (Å²) in [7, 11) is 1.84. The van der Waals surface area contributed by atoms with Crippen molar-refractivity contribution in [2.75, 3.05) is 0 Å². The summed E-state index contributed by atoms with van der Waals surface area (Å²) >= 11 is 6.20. The number of Topliss-reactive ketones (excluding diaryl/α,β-unsaturated/α-hetero) is 2. The van der Waals surface area contributed by atoms with Crippen LogP contribution in [0.5, 0.6) is 0 Å². The number of ketones is 2. The van der Waals surface area contributed by atoms with Crippen LogP contribution in [0, 0.1) is 0 Å². The van der Waals surface area contributed by atoms with Gasteiger partial charge in [0.15, 0.2) is 11.6 Å². The Morgan fingerprint density at radius 2 is 1.83 bits per heavy atom. The maximum absolute atomic E-state index is 13.6. The van der Waals surface area contributed by atoms with Crippen LogP contribution in [-0.2, 0) is 29.5 Å². The second kappa shape index (κ2) is 12.1. The molecule has 0 fully saturated rings. The minimum atomic E-state index is -0.851. The van der Waals surface area contributed by atoms with Gasteiger partial charge in [-0.3, -0.25) is 19.1 Å². The molecular formula is C30H26ClN7O3. The minimum absolute atomic E-state index is 0.0511. The Bertz CT molecular complexity index is 1760. The molecule has 5 rings (SSSR count). The average Bonchev–Trinajstić information content (AvgIpc) is 3.60. The lowest BCUT2D eigenvalue weighted by Crippen LogP contribution is -2.42. The summed E-state index contributed by atoms with van der Waals surface area (Å²) in [5.74, 6) is -0.697. The van der Waals surface area contributed by atoms with E-state index in [-0.39, 0.29) is 24.4 Å². The van der Waals surface area contributed by atoms with Crippen molar-refractivity contribution in [3.05, 3.63) is 107 Å². The number of rotatable bonds is 10. The van der Waals surface area contributed by atoms with Gasteiger partial charge < -0.3 is 5.32 Å². The number of amides is 1. The van der Waals surface area contributed by atoms with Crippen molar-refractivity contribution < 1.29 is 14.4 Å². The standard InChI is InChI=1S/C30H26ClN7O3/c1-19(39)21-9-7-20(8-10-21)15-29(40)26(17-25-24-5-3-4-6-28(24)37(2)34-25)33-30(41)14-11-22-16-23(31)12-13-27(22)38-18-32-35-36-38/h3-14,16,18,26H,15,17H2,1-2H3,(H,33,41)/b14-11+/t26-/m0/s1. The number of fused-ring (bicyclic) bond motifs is 1. The van der Waals surface area contributed by atoms with Crippen molar-refractivity contribution in [2.45, 2.75) is 25.8 Å². The molecule has 0 aliphatic carbocycles. The van der Waals surface area contributed by atoms with E-state index in [0.717, 1.165) is 16.5 Å². The number of aryl methyl sites for hydroxylation is 1. The molecule has 206 valence electrons. The maximum atomic E-state index is 13.6. The molecule has 41 heavy (non-hydrogen) atoms. The van der Waals surface area contributed by atoms with Crippen LogP contribution in [0.15, 0.2) is 79.1 Å². The van der Waals surface area contributed by atoms with Crippen molar-refractivity contribution >= 4 is 46.1 Å². The highest BCUT2D eigenvalue weighted by Gasteiger charge is 2.23. The number of tetrazole rings is 1. The number of hydrogen-bond donors (Lipinski definition) is 1. The summed E-state index contributed by atoms with van der Waals surface area (Å²) in [6, 6.07) is 18.9. The fourth-order valence-corrected chi connectivity index (χ4v) is 4.76. The lowest BCUT2D eigenvalue weighted by molar-refractivity contribution is -0.125. The second-order valence-corrected chi connectivity index (χ2v) is 9.98. The van der Waals surface area contributed by atoms with Gasteiger partial charge in [-0.2, -0.15) is 9.78 Å². The predicted octanol–water partition coefficient (Wildman–Crippen LogP) is 3.96. The van der Waals surface area contributed by atoms with E-state index in [1.165, 1.54) is 24.0 Å². The zero-order chi connectivity index (χ0) is 28.9. The van der Waals surface area contributed by atoms with E-state index in [9.17, 15) is 14.4 Å². The number of para-hydroxylation sites is 1. The van der Waals surface area contributed by atoms with Crippen LogP contribution >= 0.6 is 11.6 Å². The smallest absolute Gasteiger partial charge is 0.244 e. The molecule has 10 nitrogen and oxygen atoms in total.